The van der Waals surface area contributed by atoms with Crippen LogP contribution in [0.2, 0.25) is 0 Å². The van der Waals surface area contributed by atoms with Crippen molar-refractivity contribution in [3.05, 3.63) is 210 Å². The first-order valence-corrected chi connectivity index (χ1v) is 19.5. The number of aromatic nitrogens is 3. The lowest BCUT2D eigenvalue weighted by Gasteiger charge is -2.30. The summed E-state index contributed by atoms with van der Waals surface area (Å²) in [6.07, 6.45) is 0. The minimum Gasteiger partial charge on any atom is -0.456 e. The van der Waals surface area contributed by atoms with Crippen LogP contribution < -0.4 is 0 Å². The van der Waals surface area contributed by atoms with Crippen molar-refractivity contribution < 1.29 is 4.42 Å². The maximum Gasteiger partial charge on any atom is 0.235 e. The van der Waals surface area contributed by atoms with Crippen LogP contribution in [0.25, 0.3) is 94.5 Å². The van der Waals surface area contributed by atoms with Crippen LogP contribution in [-0.4, -0.2) is 14.5 Å². The van der Waals surface area contributed by atoms with Crippen molar-refractivity contribution >= 4 is 43.7 Å². The van der Waals surface area contributed by atoms with Crippen molar-refractivity contribution in [2.45, 2.75) is 5.41 Å². The molecule has 0 unspecified atom stereocenters. The first-order valence-electron chi connectivity index (χ1n) is 19.5. The number of rotatable bonds is 3. The number of hydrogen-bond acceptors (Lipinski definition) is 3. The Bertz CT molecular complexity index is 3440. The molecule has 0 amide bonds. The van der Waals surface area contributed by atoms with Crippen LogP contribution in [0.15, 0.2) is 192 Å². The first-order chi connectivity index (χ1) is 28.3. The minimum absolute atomic E-state index is 0.431. The number of fused-ring (bicyclic) bond motifs is 17. The largest absolute Gasteiger partial charge is 0.456 e. The van der Waals surface area contributed by atoms with Crippen molar-refractivity contribution in [3.8, 4) is 50.7 Å². The van der Waals surface area contributed by atoms with E-state index in [-0.39, 0.29) is 0 Å². The van der Waals surface area contributed by atoms with E-state index in [9.17, 15) is 0 Å². The molecule has 57 heavy (non-hydrogen) atoms. The van der Waals surface area contributed by atoms with Gasteiger partial charge in [0.1, 0.15) is 11.2 Å². The molecule has 0 N–H and O–H groups in total. The standard InChI is InChI=1S/C53H31N3O/c1-2-15-32(16-3-1)43-31-44(36-22-14-28-48-49(36)38-21-8-13-27-47(38)57-48)55-52(54-43)56-45-26-12-7-20-37(45)51-46(56)30-29-42-50(51)35-19-6-11-25-41(35)53(42)39-23-9-4-17-33(39)34-18-5-10-24-40(34)53/h1-31H. The van der Waals surface area contributed by atoms with Crippen LogP contribution >= 0.6 is 0 Å². The molecule has 4 heteroatoms. The predicted molar refractivity (Wildman–Crippen MR) is 231 cm³/mol. The zero-order chi connectivity index (χ0) is 37.2. The molecule has 2 aliphatic carbocycles. The van der Waals surface area contributed by atoms with Gasteiger partial charge in [-0.05, 0) is 74.8 Å². The van der Waals surface area contributed by atoms with Crippen molar-refractivity contribution in [1.29, 1.82) is 0 Å². The SMILES string of the molecule is c1ccc(-c2cc(-c3cccc4oc5ccccc5c34)nc(-n3c4ccccc4c4c5c(ccc43)C3(c4ccccc4-c4ccccc43)c3ccccc3-5)n2)cc1. The highest BCUT2D eigenvalue weighted by atomic mass is 16.3. The Morgan fingerprint density at radius 2 is 1.00 bits per heavy atom. The van der Waals surface area contributed by atoms with Gasteiger partial charge >= 0.3 is 0 Å². The molecule has 0 saturated carbocycles. The van der Waals surface area contributed by atoms with E-state index in [2.05, 4.69) is 168 Å². The summed E-state index contributed by atoms with van der Waals surface area (Å²) in [5, 5.41) is 4.51. The molecule has 13 rings (SSSR count). The van der Waals surface area contributed by atoms with Gasteiger partial charge < -0.3 is 4.42 Å². The molecule has 3 aromatic heterocycles. The highest BCUT2D eigenvalue weighted by Gasteiger charge is 2.52. The van der Waals surface area contributed by atoms with Gasteiger partial charge in [-0.2, -0.15) is 0 Å². The zero-order valence-corrected chi connectivity index (χ0v) is 30.6. The van der Waals surface area contributed by atoms with E-state index in [4.69, 9.17) is 14.4 Å². The molecule has 0 saturated heterocycles. The average molecular weight is 726 g/mol. The summed E-state index contributed by atoms with van der Waals surface area (Å²) in [4.78, 5) is 10.9. The van der Waals surface area contributed by atoms with Gasteiger partial charge in [0, 0.05) is 32.7 Å². The van der Waals surface area contributed by atoms with E-state index in [0.29, 0.717) is 5.95 Å². The topological polar surface area (TPSA) is 43.9 Å². The third-order valence-corrected chi connectivity index (χ3v) is 12.5. The zero-order valence-electron chi connectivity index (χ0n) is 30.6. The third-order valence-electron chi connectivity index (χ3n) is 12.5. The van der Waals surface area contributed by atoms with Crippen molar-refractivity contribution in [1.82, 2.24) is 14.5 Å². The Kier molecular flexibility index (Phi) is 6.07. The van der Waals surface area contributed by atoms with Crippen molar-refractivity contribution in [2.24, 2.45) is 0 Å². The van der Waals surface area contributed by atoms with Crippen LogP contribution in [0.1, 0.15) is 22.3 Å². The molecule has 0 atom stereocenters. The highest BCUT2D eigenvalue weighted by Crippen LogP contribution is 2.64. The van der Waals surface area contributed by atoms with E-state index in [0.717, 1.165) is 55.5 Å². The smallest absolute Gasteiger partial charge is 0.235 e. The Morgan fingerprint density at radius 1 is 0.404 bits per heavy atom. The lowest BCUT2D eigenvalue weighted by molar-refractivity contribution is 0.669. The Balaban J connectivity index is 1.14. The van der Waals surface area contributed by atoms with Crippen LogP contribution in [0.4, 0.5) is 0 Å². The molecule has 4 nitrogen and oxygen atoms in total. The summed E-state index contributed by atoms with van der Waals surface area (Å²) in [5.41, 5.74) is 17.6. The number of nitrogens with zero attached hydrogens (tertiary/aromatic N) is 3. The lowest BCUT2D eigenvalue weighted by atomic mass is 9.70. The van der Waals surface area contributed by atoms with Crippen molar-refractivity contribution in [2.75, 3.05) is 0 Å². The number of hydrogen-bond donors (Lipinski definition) is 0. The van der Waals surface area contributed by atoms with Gasteiger partial charge in [-0.25, -0.2) is 9.97 Å². The molecule has 264 valence electrons. The molecule has 0 radical (unpaired) electrons. The Morgan fingerprint density at radius 3 is 1.79 bits per heavy atom. The summed E-state index contributed by atoms with van der Waals surface area (Å²) in [6.45, 7) is 0. The van der Waals surface area contributed by atoms with Gasteiger partial charge in [-0.3, -0.25) is 4.57 Å². The second-order valence-electron chi connectivity index (χ2n) is 15.2. The maximum atomic E-state index is 6.35. The van der Waals surface area contributed by atoms with E-state index < -0.39 is 5.41 Å². The molecule has 0 aliphatic heterocycles. The molecule has 0 bridgehead atoms. The molecule has 11 aromatic rings. The van der Waals surface area contributed by atoms with Gasteiger partial charge in [-0.15, -0.1) is 0 Å². The van der Waals surface area contributed by atoms with Crippen LogP contribution in [0.5, 0.6) is 0 Å². The summed E-state index contributed by atoms with van der Waals surface area (Å²) < 4.78 is 8.63. The van der Waals surface area contributed by atoms with E-state index in [1.807, 2.05) is 24.3 Å². The Labute approximate surface area is 328 Å². The molecule has 2 aliphatic rings. The molecule has 0 fully saturated rings. The third kappa shape index (κ3) is 3.96. The molecular weight excluding hydrogens is 695 g/mol. The second-order valence-corrected chi connectivity index (χ2v) is 15.2. The van der Waals surface area contributed by atoms with Crippen LogP contribution in [0, 0.1) is 0 Å². The minimum atomic E-state index is -0.431. The van der Waals surface area contributed by atoms with Gasteiger partial charge in [0.15, 0.2) is 0 Å². The molecular formula is C53H31N3O. The quantitative estimate of drug-likeness (QED) is 0.182. The fourth-order valence-corrected chi connectivity index (χ4v) is 10.3. The monoisotopic (exact) mass is 725 g/mol. The summed E-state index contributed by atoms with van der Waals surface area (Å²) in [7, 11) is 0. The fraction of sp³-hybridized carbons (Fsp3) is 0.0189. The Hall–Kier alpha value is -7.56. The van der Waals surface area contributed by atoms with Crippen LogP contribution in [0.3, 0.4) is 0 Å². The van der Waals surface area contributed by atoms with Gasteiger partial charge in [0.25, 0.3) is 0 Å². The summed E-state index contributed by atoms with van der Waals surface area (Å²) in [6, 6.07) is 67.5. The number of para-hydroxylation sites is 2. The maximum absolute atomic E-state index is 6.35. The molecule has 8 aromatic carbocycles. The van der Waals surface area contributed by atoms with E-state index in [1.165, 1.54) is 55.3 Å². The molecule has 3 heterocycles. The van der Waals surface area contributed by atoms with Gasteiger partial charge in [0.2, 0.25) is 5.95 Å². The van der Waals surface area contributed by atoms with Crippen molar-refractivity contribution in [3.63, 3.8) is 0 Å². The van der Waals surface area contributed by atoms with E-state index in [1.54, 1.807) is 0 Å². The van der Waals surface area contributed by atoms with E-state index >= 15 is 0 Å². The lowest BCUT2D eigenvalue weighted by Crippen LogP contribution is -2.25. The van der Waals surface area contributed by atoms with Gasteiger partial charge in [-0.1, -0.05) is 158 Å². The number of furan rings is 1. The predicted octanol–water partition coefficient (Wildman–Crippen LogP) is 13.2. The summed E-state index contributed by atoms with van der Waals surface area (Å²) in [5.74, 6) is 0.625. The number of benzene rings is 8. The second kappa shape index (κ2) is 11.2. The fourth-order valence-electron chi connectivity index (χ4n) is 10.3. The first kappa shape index (κ1) is 30.7. The van der Waals surface area contributed by atoms with Gasteiger partial charge in [0.05, 0.1) is 27.8 Å². The molecule has 1 spiro atoms. The average Bonchev–Trinajstić information content (AvgIpc) is 4.00. The van der Waals surface area contributed by atoms with Crippen LogP contribution in [-0.2, 0) is 5.41 Å². The highest BCUT2D eigenvalue weighted by molar-refractivity contribution is 6.19. The summed E-state index contributed by atoms with van der Waals surface area (Å²) >= 11 is 0. The normalized spacial score (nSPS) is 13.4.